The van der Waals surface area contributed by atoms with Gasteiger partial charge in [0.05, 0.1) is 5.69 Å². The van der Waals surface area contributed by atoms with Crippen LogP contribution in [0.15, 0.2) is 133 Å². The Kier molecular flexibility index (Phi) is 5.04. The summed E-state index contributed by atoms with van der Waals surface area (Å²) in [4.78, 5) is 11.5. The van der Waals surface area contributed by atoms with E-state index in [9.17, 15) is 0 Å². The summed E-state index contributed by atoms with van der Waals surface area (Å²) < 4.78 is 1.26. The third kappa shape index (κ3) is 3.63. The molecule has 0 aliphatic carbocycles. The number of benzene rings is 6. The van der Waals surface area contributed by atoms with Crippen molar-refractivity contribution in [1.82, 2.24) is 9.97 Å². The molecule has 0 aliphatic heterocycles. The van der Waals surface area contributed by atoms with Crippen LogP contribution in [0.4, 0.5) is 0 Å². The van der Waals surface area contributed by atoms with Crippen molar-refractivity contribution in [2.45, 2.75) is 0 Å². The Morgan fingerprint density at radius 1 is 0.462 bits per heavy atom. The van der Waals surface area contributed by atoms with Gasteiger partial charge in [0.15, 0.2) is 5.82 Å². The molecule has 0 atom stereocenters. The average molecular weight is 515 g/mol. The highest BCUT2D eigenvalue weighted by Crippen LogP contribution is 2.43. The molecule has 2 aromatic heterocycles. The average Bonchev–Trinajstić information content (AvgIpc) is 3.40. The van der Waals surface area contributed by atoms with Crippen molar-refractivity contribution in [3.8, 4) is 33.8 Å². The number of thiophene rings is 1. The summed E-state index contributed by atoms with van der Waals surface area (Å²) in [5.74, 6) is 0.749. The van der Waals surface area contributed by atoms with Gasteiger partial charge in [-0.3, -0.25) is 0 Å². The fourth-order valence-electron chi connectivity index (χ4n) is 5.63. The van der Waals surface area contributed by atoms with E-state index in [0.29, 0.717) is 0 Å². The Morgan fingerprint density at radius 3 is 2.00 bits per heavy atom. The smallest absolute Gasteiger partial charge is 0.161 e. The molecule has 0 saturated heterocycles. The molecule has 0 N–H and O–H groups in total. The second kappa shape index (κ2) is 8.87. The van der Waals surface area contributed by atoms with Crippen molar-refractivity contribution < 1.29 is 0 Å². The van der Waals surface area contributed by atoms with Gasteiger partial charge in [-0.25, -0.2) is 9.97 Å². The fourth-order valence-corrected chi connectivity index (χ4v) is 6.84. The molecule has 8 rings (SSSR count). The van der Waals surface area contributed by atoms with Crippen molar-refractivity contribution in [2.75, 3.05) is 0 Å². The molecular formula is C36H22N2S. The van der Waals surface area contributed by atoms with Crippen LogP contribution in [0.25, 0.3) is 75.6 Å². The van der Waals surface area contributed by atoms with Gasteiger partial charge in [-0.2, -0.15) is 0 Å². The van der Waals surface area contributed by atoms with Crippen LogP contribution in [0, 0.1) is 0 Å². The van der Waals surface area contributed by atoms with Crippen molar-refractivity contribution in [1.29, 1.82) is 0 Å². The number of rotatable bonds is 3. The first-order valence-corrected chi connectivity index (χ1v) is 13.9. The molecule has 2 heterocycles. The van der Waals surface area contributed by atoms with Gasteiger partial charge in [0, 0.05) is 26.6 Å². The van der Waals surface area contributed by atoms with Crippen LogP contribution < -0.4 is 0 Å². The Morgan fingerprint density at radius 2 is 1.13 bits per heavy atom. The zero-order valence-electron chi connectivity index (χ0n) is 21.0. The van der Waals surface area contributed by atoms with Crippen molar-refractivity contribution in [3.05, 3.63) is 133 Å². The minimum absolute atomic E-state index is 0.749. The van der Waals surface area contributed by atoms with E-state index < -0.39 is 0 Å². The Labute approximate surface area is 229 Å². The molecule has 0 fully saturated rings. The monoisotopic (exact) mass is 514 g/mol. The first-order chi connectivity index (χ1) is 19.3. The van der Waals surface area contributed by atoms with Gasteiger partial charge < -0.3 is 0 Å². The van der Waals surface area contributed by atoms with Gasteiger partial charge >= 0.3 is 0 Å². The zero-order valence-corrected chi connectivity index (χ0v) is 21.8. The molecule has 39 heavy (non-hydrogen) atoms. The topological polar surface area (TPSA) is 25.8 Å². The van der Waals surface area contributed by atoms with Crippen LogP contribution in [-0.2, 0) is 0 Å². The molecule has 2 nitrogen and oxygen atoms in total. The van der Waals surface area contributed by atoms with E-state index in [1.807, 2.05) is 6.07 Å². The summed E-state index contributed by atoms with van der Waals surface area (Å²) in [6.45, 7) is 0. The lowest BCUT2D eigenvalue weighted by atomic mass is 9.98. The summed E-state index contributed by atoms with van der Waals surface area (Å²) in [5, 5.41) is 7.24. The van der Waals surface area contributed by atoms with Gasteiger partial charge in [0.25, 0.3) is 0 Å². The number of nitrogens with zero attached hydrogens (tertiary/aromatic N) is 2. The molecule has 0 saturated carbocycles. The SMILES string of the molecule is c1ccc(-c2cccc(-c3nc(-c4cccc5ccccc45)c4c(n3)sc3c5ccccc5ccc34)c2)cc1. The Balaban J connectivity index is 1.46. The molecule has 0 unspecified atom stereocenters. The molecule has 8 aromatic rings. The van der Waals surface area contributed by atoms with E-state index in [1.165, 1.54) is 37.2 Å². The van der Waals surface area contributed by atoms with Crippen LogP contribution >= 0.6 is 11.3 Å². The first kappa shape index (κ1) is 22.2. The van der Waals surface area contributed by atoms with E-state index in [4.69, 9.17) is 9.97 Å². The minimum Gasteiger partial charge on any atom is -0.227 e. The van der Waals surface area contributed by atoms with Crippen LogP contribution in [0.1, 0.15) is 0 Å². The molecule has 0 radical (unpaired) electrons. The maximum absolute atomic E-state index is 5.32. The lowest BCUT2D eigenvalue weighted by molar-refractivity contribution is 1.24. The van der Waals surface area contributed by atoms with E-state index in [0.717, 1.165) is 38.4 Å². The van der Waals surface area contributed by atoms with Crippen molar-refractivity contribution >= 4 is 53.2 Å². The van der Waals surface area contributed by atoms with Crippen molar-refractivity contribution in [2.24, 2.45) is 0 Å². The zero-order chi connectivity index (χ0) is 25.8. The maximum atomic E-state index is 5.32. The first-order valence-electron chi connectivity index (χ1n) is 13.1. The number of hydrogen-bond donors (Lipinski definition) is 0. The number of fused-ring (bicyclic) bond motifs is 6. The predicted molar refractivity (Wildman–Crippen MR) is 166 cm³/mol. The molecule has 3 heteroatoms. The minimum atomic E-state index is 0.749. The second-order valence-electron chi connectivity index (χ2n) is 9.81. The molecule has 6 aromatic carbocycles. The predicted octanol–water partition coefficient (Wildman–Crippen LogP) is 10.2. The largest absolute Gasteiger partial charge is 0.227 e. The van der Waals surface area contributed by atoms with E-state index >= 15 is 0 Å². The van der Waals surface area contributed by atoms with E-state index in [-0.39, 0.29) is 0 Å². The summed E-state index contributed by atoms with van der Waals surface area (Å²) in [5.41, 5.74) is 5.48. The molecule has 0 aliphatic rings. The summed E-state index contributed by atoms with van der Waals surface area (Å²) in [6, 6.07) is 47.1. The van der Waals surface area contributed by atoms with Gasteiger partial charge in [-0.1, -0.05) is 127 Å². The fraction of sp³-hybridized carbons (Fsp3) is 0. The lowest BCUT2D eigenvalue weighted by Gasteiger charge is -2.11. The highest BCUT2D eigenvalue weighted by atomic mass is 32.1. The van der Waals surface area contributed by atoms with E-state index in [2.05, 4.69) is 127 Å². The number of aromatic nitrogens is 2. The molecular weight excluding hydrogens is 492 g/mol. The highest BCUT2D eigenvalue weighted by molar-refractivity contribution is 7.26. The quantitative estimate of drug-likeness (QED) is 0.234. The molecule has 0 bridgehead atoms. The molecule has 0 spiro atoms. The maximum Gasteiger partial charge on any atom is 0.161 e. The Bertz CT molecular complexity index is 2170. The van der Waals surface area contributed by atoms with Crippen LogP contribution in [0.2, 0.25) is 0 Å². The number of hydrogen-bond acceptors (Lipinski definition) is 3. The van der Waals surface area contributed by atoms with Gasteiger partial charge in [0.2, 0.25) is 0 Å². The van der Waals surface area contributed by atoms with Crippen molar-refractivity contribution in [3.63, 3.8) is 0 Å². The molecule has 0 amide bonds. The lowest BCUT2D eigenvalue weighted by Crippen LogP contribution is -1.94. The van der Waals surface area contributed by atoms with Gasteiger partial charge in [0.1, 0.15) is 4.83 Å². The summed E-state index contributed by atoms with van der Waals surface area (Å²) in [7, 11) is 0. The third-order valence-corrected chi connectivity index (χ3v) is 8.63. The van der Waals surface area contributed by atoms with Gasteiger partial charge in [-0.05, 0) is 38.7 Å². The Hall–Kier alpha value is -4.86. The second-order valence-corrected chi connectivity index (χ2v) is 10.8. The molecule has 182 valence electrons. The third-order valence-electron chi connectivity index (χ3n) is 7.50. The summed E-state index contributed by atoms with van der Waals surface area (Å²) >= 11 is 1.76. The van der Waals surface area contributed by atoms with Crippen LogP contribution in [0.3, 0.4) is 0 Å². The highest BCUT2D eigenvalue weighted by Gasteiger charge is 2.19. The van der Waals surface area contributed by atoms with Gasteiger partial charge in [-0.15, -0.1) is 11.3 Å². The summed E-state index contributed by atoms with van der Waals surface area (Å²) in [6.07, 6.45) is 0. The normalized spacial score (nSPS) is 11.6. The van der Waals surface area contributed by atoms with Crippen LogP contribution in [-0.4, -0.2) is 9.97 Å². The van der Waals surface area contributed by atoms with Crippen LogP contribution in [0.5, 0.6) is 0 Å². The standard InChI is InChI=1S/C36H22N2S/c1-2-10-23(11-3-1)26-15-8-16-27(22-26)35-37-33(30-19-9-14-24-12-4-6-17-28(24)30)32-31-21-20-25-13-5-7-18-29(25)34(31)39-36(32)38-35/h1-22H. The van der Waals surface area contributed by atoms with E-state index in [1.54, 1.807) is 11.3 Å².